The molecule has 4 heterocycles. The van der Waals surface area contributed by atoms with Gasteiger partial charge in [0, 0.05) is 17.5 Å². The lowest BCUT2D eigenvalue weighted by Gasteiger charge is -2.44. The van der Waals surface area contributed by atoms with Crippen LogP contribution in [0.3, 0.4) is 0 Å². The summed E-state index contributed by atoms with van der Waals surface area (Å²) in [6.45, 7) is 2.83. The van der Waals surface area contributed by atoms with Crippen LogP contribution in [0, 0.1) is 5.92 Å². The van der Waals surface area contributed by atoms with E-state index in [0.29, 0.717) is 14.6 Å². The minimum Gasteiger partial charge on any atom is -0.391 e. The van der Waals surface area contributed by atoms with Crippen LogP contribution in [0.15, 0.2) is 14.7 Å². The Morgan fingerprint density at radius 3 is 2.65 bits per heavy atom. The Morgan fingerprint density at radius 1 is 1.45 bits per heavy atom. The van der Waals surface area contributed by atoms with E-state index in [0.717, 1.165) is 32.5 Å². The van der Waals surface area contributed by atoms with E-state index in [1.54, 1.807) is 6.07 Å². The Bertz CT molecular complexity index is 594. The SMILES string of the molecule is O=S(=O)(NC1CN2CCC1CC2)c1cc(CO)sc1Br. The summed E-state index contributed by atoms with van der Waals surface area (Å²) in [6.07, 6.45) is 2.14. The van der Waals surface area contributed by atoms with Crippen molar-refractivity contribution in [1.29, 1.82) is 0 Å². The van der Waals surface area contributed by atoms with Gasteiger partial charge in [0.1, 0.15) is 4.90 Å². The van der Waals surface area contributed by atoms with Gasteiger partial charge in [0.25, 0.3) is 0 Å². The summed E-state index contributed by atoms with van der Waals surface area (Å²) >= 11 is 4.53. The van der Waals surface area contributed by atoms with Gasteiger partial charge in [-0.25, -0.2) is 13.1 Å². The van der Waals surface area contributed by atoms with Gasteiger partial charge in [-0.15, -0.1) is 11.3 Å². The molecular formula is C12H17BrN2O3S2. The van der Waals surface area contributed by atoms with Crippen LogP contribution < -0.4 is 4.72 Å². The quantitative estimate of drug-likeness (QED) is 0.827. The molecule has 2 bridgehead atoms. The minimum absolute atomic E-state index is 0.00637. The Morgan fingerprint density at radius 2 is 2.15 bits per heavy atom. The summed E-state index contributed by atoms with van der Waals surface area (Å²) in [4.78, 5) is 3.20. The van der Waals surface area contributed by atoms with Gasteiger partial charge in [0.15, 0.2) is 0 Å². The van der Waals surface area contributed by atoms with E-state index in [9.17, 15) is 8.42 Å². The first-order chi connectivity index (χ1) is 9.49. The van der Waals surface area contributed by atoms with Crippen molar-refractivity contribution in [2.24, 2.45) is 5.92 Å². The topological polar surface area (TPSA) is 69.6 Å². The van der Waals surface area contributed by atoms with Gasteiger partial charge in [-0.05, 0) is 53.8 Å². The van der Waals surface area contributed by atoms with Gasteiger partial charge < -0.3 is 10.0 Å². The molecule has 3 aliphatic rings. The lowest BCUT2D eigenvalue weighted by molar-refractivity contribution is 0.0827. The smallest absolute Gasteiger partial charge is 0.242 e. The summed E-state index contributed by atoms with van der Waals surface area (Å²) in [7, 11) is -3.53. The number of hydrogen-bond donors (Lipinski definition) is 2. The van der Waals surface area contributed by atoms with Crippen molar-refractivity contribution in [2.75, 3.05) is 19.6 Å². The number of aliphatic hydroxyl groups excluding tert-OH is 1. The van der Waals surface area contributed by atoms with E-state index in [1.807, 2.05) is 0 Å². The van der Waals surface area contributed by atoms with E-state index in [4.69, 9.17) is 5.11 Å². The molecule has 112 valence electrons. The molecule has 1 unspecified atom stereocenters. The molecule has 3 aliphatic heterocycles. The van der Waals surface area contributed by atoms with Gasteiger partial charge in [0.2, 0.25) is 10.0 Å². The van der Waals surface area contributed by atoms with Crippen LogP contribution in [0.5, 0.6) is 0 Å². The third-order valence-electron chi connectivity index (χ3n) is 4.11. The van der Waals surface area contributed by atoms with Crippen LogP contribution >= 0.6 is 27.3 Å². The van der Waals surface area contributed by atoms with Crippen LogP contribution in [-0.2, 0) is 16.6 Å². The van der Waals surface area contributed by atoms with E-state index < -0.39 is 10.0 Å². The summed E-state index contributed by atoms with van der Waals surface area (Å²) in [5, 5.41) is 9.12. The zero-order chi connectivity index (χ0) is 14.3. The second-order valence-electron chi connectivity index (χ2n) is 5.37. The summed E-state index contributed by atoms with van der Waals surface area (Å²) in [6, 6.07) is 1.55. The van der Waals surface area contributed by atoms with Gasteiger partial charge in [-0.1, -0.05) is 0 Å². The third-order valence-corrected chi connectivity index (χ3v) is 7.84. The Balaban J connectivity index is 1.80. The van der Waals surface area contributed by atoms with Crippen LogP contribution in [0.4, 0.5) is 0 Å². The highest BCUT2D eigenvalue weighted by Crippen LogP contribution is 2.33. The maximum atomic E-state index is 12.5. The molecule has 0 aromatic carbocycles. The second-order valence-corrected chi connectivity index (χ2v) is 9.51. The van der Waals surface area contributed by atoms with Crippen molar-refractivity contribution in [1.82, 2.24) is 9.62 Å². The van der Waals surface area contributed by atoms with E-state index in [2.05, 4.69) is 25.6 Å². The maximum Gasteiger partial charge on any atom is 0.242 e. The molecule has 8 heteroatoms. The number of rotatable bonds is 4. The van der Waals surface area contributed by atoms with Crippen molar-refractivity contribution >= 4 is 37.3 Å². The fourth-order valence-corrected chi connectivity index (χ4v) is 6.86. The van der Waals surface area contributed by atoms with E-state index >= 15 is 0 Å². The van der Waals surface area contributed by atoms with Crippen molar-refractivity contribution in [2.45, 2.75) is 30.4 Å². The fraction of sp³-hybridized carbons (Fsp3) is 0.667. The van der Waals surface area contributed by atoms with Crippen molar-refractivity contribution < 1.29 is 13.5 Å². The number of thiophene rings is 1. The number of sulfonamides is 1. The van der Waals surface area contributed by atoms with Crippen molar-refractivity contribution in [3.63, 3.8) is 0 Å². The first kappa shape index (κ1) is 14.9. The number of piperidine rings is 3. The lowest BCUT2D eigenvalue weighted by Crippen LogP contribution is -2.57. The molecule has 2 N–H and O–H groups in total. The molecule has 0 amide bonds. The number of hydrogen-bond acceptors (Lipinski definition) is 5. The highest BCUT2D eigenvalue weighted by Gasteiger charge is 2.37. The van der Waals surface area contributed by atoms with Gasteiger partial charge in [-0.2, -0.15) is 0 Å². The minimum atomic E-state index is -3.53. The summed E-state index contributed by atoms with van der Waals surface area (Å²) < 4.78 is 28.4. The first-order valence-corrected chi connectivity index (χ1v) is 9.72. The highest BCUT2D eigenvalue weighted by atomic mass is 79.9. The number of fused-ring (bicyclic) bond motifs is 3. The monoisotopic (exact) mass is 380 g/mol. The Kier molecular flexibility index (Phi) is 4.22. The number of halogens is 1. The average molecular weight is 381 g/mol. The maximum absolute atomic E-state index is 12.5. The molecule has 5 nitrogen and oxygen atoms in total. The molecule has 1 aromatic rings. The van der Waals surface area contributed by atoms with Crippen LogP contribution in [0.25, 0.3) is 0 Å². The number of aliphatic hydroxyl groups is 1. The van der Waals surface area contributed by atoms with Gasteiger partial charge >= 0.3 is 0 Å². The molecule has 1 aromatic heterocycles. The van der Waals surface area contributed by atoms with Crippen molar-refractivity contribution in [3.05, 3.63) is 14.7 Å². The Labute approximate surface area is 131 Å². The summed E-state index contributed by atoms with van der Waals surface area (Å²) in [5.74, 6) is 0.449. The highest BCUT2D eigenvalue weighted by molar-refractivity contribution is 9.11. The Hall–Kier alpha value is 0.01000. The molecule has 0 radical (unpaired) electrons. The molecule has 3 saturated heterocycles. The van der Waals surface area contributed by atoms with Crippen molar-refractivity contribution in [3.8, 4) is 0 Å². The molecule has 1 atom stereocenters. The average Bonchev–Trinajstić information content (AvgIpc) is 2.82. The lowest BCUT2D eigenvalue weighted by atomic mass is 9.85. The first-order valence-electron chi connectivity index (χ1n) is 6.63. The third kappa shape index (κ3) is 2.82. The predicted molar refractivity (Wildman–Crippen MR) is 81.2 cm³/mol. The number of nitrogens with zero attached hydrogens (tertiary/aromatic N) is 1. The predicted octanol–water partition coefficient (Wildman–Crippen LogP) is 1.38. The zero-order valence-corrected chi connectivity index (χ0v) is 14.1. The molecule has 0 aliphatic carbocycles. The number of nitrogens with one attached hydrogen (secondary N) is 1. The normalized spacial score (nSPS) is 29.8. The second kappa shape index (κ2) is 5.66. The van der Waals surface area contributed by atoms with Crippen LogP contribution in [-0.4, -0.2) is 44.1 Å². The molecule has 0 saturated carbocycles. The zero-order valence-electron chi connectivity index (χ0n) is 10.9. The molecule has 20 heavy (non-hydrogen) atoms. The van der Waals surface area contributed by atoms with Crippen LogP contribution in [0.1, 0.15) is 17.7 Å². The van der Waals surface area contributed by atoms with E-state index in [-0.39, 0.29) is 17.5 Å². The summed E-state index contributed by atoms with van der Waals surface area (Å²) in [5.41, 5.74) is 0. The van der Waals surface area contributed by atoms with E-state index in [1.165, 1.54) is 11.3 Å². The molecule has 3 fully saturated rings. The van der Waals surface area contributed by atoms with Gasteiger partial charge in [0.05, 0.1) is 10.4 Å². The largest absolute Gasteiger partial charge is 0.391 e. The van der Waals surface area contributed by atoms with Gasteiger partial charge in [-0.3, -0.25) is 0 Å². The molecule has 4 rings (SSSR count). The standard InChI is InChI=1S/C12H17BrN2O3S2/c13-12-11(5-9(7-16)19-12)20(17,18)14-10-6-15-3-1-8(10)2-4-15/h5,8,10,14,16H,1-4,6-7H2. The van der Waals surface area contributed by atoms with Crippen LogP contribution in [0.2, 0.25) is 0 Å². The molecular weight excluding hydrogens is 364 g/mol. The molecule has 0 spiro atoms. The fourth-order valence-electron chi connectivity index (χ4n) is 3.02.